The van der Waals surface area contributed by atoms with Gasteiger partial charge in [-0.25, -0.2) is 0 Å². The molecular formula is C12H16N2O2S. The lowest BCUT2D eigenvalue weighted by Gasteiger charge is -2.22. The van der Waals surface area contributed by atoms with E-state index < -0.39 is 5.91 Å². The van der Waals surface area contributed by atoms with Crippen molar-refractivity contribution in [2.75, 3.05) is 18.9 Å². The Morgan fingerprint density at radius 2 is 2.06 bits per heavy atom. The van der Waals surface area contributed by atoms with Crippen molar-refractivity contribution in [3.05, 3.63) is 23.8 Å². The number of benzene rings is 1. The monoisotopic (exact) mass is 252 g/mol. The molecule has 0 aliphatic carbocycles. The number of hydrogen-bond acceptors (Lipinski definition) is 4. The SMILES string of the molecule is NC(=O)c1cccc(SC2CCOCC2)c1N. The van der Waals surface area contributed by atoms with Crippen LogP contribution in [-0.4, -0.2) is 24.4 Å². The minimum absolute atomic E-state index is 0.405. The zero-order chi connectivity index (χ0) is 12.3. The van der Waals surface area contributed by atoms with Crippen LogP contribution >= 0.6 is 11.8 Å². The molecule has 1 fully saturated rings. The maximum atomic E-state index is 11.2. The number of thioether (sulfide) groups is 1. The van der Waals surface area contributed by atoms with Gasteiger partial charge in [0.05, 0.1) is 11.3 Å². The third-order valence-electron chi connectivity index (χ3n) is 2.79. The first-order valence-electron chi connectivity index (χ1n) is 5.61. The van der Waals surface area contributed by atoms with Crippen LogP contribution in [0.4, 0.5) is 5.69 Å². The summed E-state index contributed by atoms with van der Waals surface area (Å²) in [5, 5.41) is 0.508. The molecule has 0 aromatic heterocycles. The van der Waals surface area contributed by atoms with Crippen LogP contribution in [0.3, 0.4) is 0 Å². The topological polar surface area (TPSA) is 78.3 Å². The summed E-state index contributed by atoms with van der Waals surface area (Å²) in [6.45, 7) is 1.60. The molecule has 4 nitrogen and oxygen atoms in total. The first-order chi connectivity index (χ1) is 8.18. The van der Waals surface area contributed by atoms with E-state index in [0.717, 1.165) is 31.0 Å². The van der Waals surface area contributed by atoms with E-state index in [9.17, 15) is 4.79 Å². The smallest absolute Gasteiger partial charge is 0.250 e. The van der Waals surface area contributed by atoms with E-state index in [-0.39, 0.29) is 0 Å². The average Bonchev–Trinajstić information content (AvgIpc) is 2.33. The number of anilines is 1. The van der Waals surface area contributed by atoms with Crippen molar-refractivity contribution < 1.29 is 9.53 Å². The molecule has 0 unspecified atom stereocenters. The van der Waals surface area contributed by atoms with Gasteiger partial charge in [-0.3, -0.25) is 4.79 Å². The van der Waals surface area contributed by atoms with Gasteiger partial charge in [-0.05, 0) is 25.0 Å². The molecule has 1 aromatic carbocycles. The fourth-order valence-corrected chi connectivity index (χ4v) is 3.02. The van der Waals surface area contributed by atoms with Crippen LogP contribution in [0.1, 0.15) is 23.2 Å². The largest absolute Gasteiger partial charge is 0.397 e. The molecule has 1 saturated heterocycles. The Morgan fingerprint density at radius 3 is 2.71 bits per heavy atom. The lowest BCUT2D eigenvalue weighted by atomic mass is 10.2. The number of nitrogens with two attached hydrogens (primary N) is 2. The molecule has 2 rings (SSSR count). The summed E-state index contributed by atoms with van der Waals surface area (Å²) in [5.74, 6) is -0.475. The molecule has 1 aliphatic rings. The quantitative estimate of drug-likeness (QED) is 0.802. The van der Waals surface area contributed by atoms with E-state index in [2.05, 4.69) is 0 Å². The van der Waals surface area contributed by atoms with Gasteiger partial charge in [0.2, 0.25) is 0 Å². The molecule has 0 radical (unpaired) electrons. The highest BCUT2D eigenvalue weighted by atomic mass is 32.2. The van der Waals surface area contributed by atoms with Gasteiger partial charge in [-0.15, -0.1) is 11.8 Å². The molecule has 1 heterocycles. The maximum absolute atomic E-state index is 11.2. The Morgan fingerprint density at radius 1 is 1.35 bits per heavy atom. The van der Waals surface area contributed by atoms with Crippen molar-refractivity contribution in [1.29, 1.82) is 0 Å². The highest BCUT2D eigenvalue weighted by Gasteiger charge is 2.17. The first-order valence-corrected chi connectivity index (χ1v) is 6.49. The standard InChI is InChI=1S/C12H16N2O2S/c13-11-9(12(14)15)2-1-3-10(11)17-8-4-6-16-7-5-8/h1-3,8H,4-7,13H2,(H2,14,15). The van der Waals surface area contributed by atoms with Crippen LogP contribution in [0.25, 0.3) is 0 Å². The second-order valence-electron chi connectivity index (χ2n) is 4.01. The molecule has 92 valence electrons. The lowest BCUT2D eigenvalue weighted by molar-refractivity contribution is 0.0996. The van der Waals surface area contributed by atoms with Gasteiger partial charge in [0.25, 0.3) is 5.91 Å². The van der Waals surface area contributed by atoms with E-state index in [4.69, 9.17) is 16.2 Å². The average molecular weight is 252 g/mol. The predicted octanol–water partition coefficient (Wildman–Crippen LogP) is 1.64. The van der Waals surface area contributed by atoms with Gasteiger partial charge in [0, 0.05) is 23.4 Å². The number of hydrogen-bond donors (Lipinski definition) is 2. The third-order valence-corrected chi connectivity index (χ3v) is 4.21. The van der Waals surface area contributed by atoms with Crippen LogP contribution in [0.2, 0.25) is 0 Å². The van der Waals surface area contributed by atoms with E-state index in [1.165, 1.54) is 0 Å². The summed E-state index contributed by atoms with van der Waals surface area (Å²) >= 11 is 1.71. The Labute approximate surface area is 105 Å². The Balaban J connectivity index is 2.15. The third kappa shape index (κ3) is 2.92. The maximum Gasteiger partial charge on any atom is 0.250 e. The van der Waals surface area contributed by atoms with Crippen LogP contribution in [-0.2, 0) is 4.74 Å². The van der Waals surface area contributed by atoms with E-state index in [1.54, 1.807) is 17.8 Å². The number of amides is 1. The zero-order valence-electron chi connectivity index (χ0n) is 9.52. The zero-order valence-corrected chi connectivity index (χ0v) is 10.3. The van der Waals surface area contributed by atoms with Crippen LogP contribution in [0.5, 0.6) is 0 Å². The van der Waals surface area contributed by atoms with Crippen molar-refractivity contribution in [3.63, 3.8) is 0 Å². The number of ether oxygens (including phenoxy) is 1. The van der Waals surface area contributed by atoms with Gasteiger partial charge >= 0.3 is 0 Å². The Kier molecular flexibility index (Phi) is 3.91. The van der Waals surface area contributed by atoms with Crippen molar-refractivity contribution in [1.82, 2.24) is 0 Å². The Hall–Kier alpha value is -1.20. The summed E-state index contributed by atoms with van der Waals surface area (Å²) in [6.07, 6.45) is 2.04. The van der Waals surface area contributed by atoms with E-state index in [0.29, 0.717) is 16.5 Å². The summed E-state index contributed by atoms with van der Waals surface area (Å²) in [5.41, 5.74) is 12.1. The van der Waals surface area contributed by atoms with E-state index in [1.807, 2.05) is 12.1 Å². The lowest BCUT2D eigenvalue weighted by Crippen LogP contribution is -2.18. The Bertz CT molecular complexity index is 417. The molecule has 0 saturated carbocycles. The summed E-state index contributed by atoms with van der Waals surface area (Å²) in [6, 6.07) is 5.41. The van der Waals surface area contributed by atoms with Crippen molar-refractivity contribution >= 4 is 23.4 Å². The molecule has 4 N–H and O–H groups in total. The number of rotatable bonds is 3. The van der Waals surface area contributed by atoms with Gasteiger partial charge in [-0.1, -0.05) is 6.07 Å². The van der Waals surface area contributed by atoms with Crippen molar-refractivity contribution in [2.24, 2.45) is 5.73 Å². The molecule has 0 spiro atoms. The summed E-state index contributed by atoms with van der Waals surface area (Å²) in [7, 11) is 0. The second kappa shape index (κ2) is 5.42. The fraction of sp³-hybridized carbons (Fsp3) is 0.417. The van der Waals surface area contributed by atoms with Crippen LogP contribution in [0.15, 0.2) is 23.1 Å². The molecule has 17 heavy (non-hydrogen) atoms. The van der Waals surface area contributed by atoms with Gasteiger partial charge in [-0.2, -0.15) is 0 Å². The van der Waals surface area contributed by atoms with Crippen molar-refractivity contribution in [3.8, 4) is 0 Å². The minimum atomic E-state index is -0.475. The van der Waals surface area contributed by atoms with Crippen LogP contribution in [0, 0.1) is 0 Å². The normalized spacial score (nSPS) is 16.9. The van der Waals surface area contributed by atoms with E-state index >= 15 is 0 Å². The molecular weight excluding hydrogens is 236 g/mol. The minimum Gasteiger partial charge on any atom is -0.397 e. The first kappa shape index (κ1) is 12.3. The summed E-state index contributed by atoms with van der Waals surface area (Å²) < 4.78 is 5.31. The number of primary amides is 1. The molecule has 1 aromatic rings. The fourth-order valence-electron chi connectivity index (χ4n) is 1.84. The highest BCUT2D eigenvalue weighted by molar-refractivity contribution is 8.00. The molecule has 0 bridgehead atoms. The number of carbonyl (C=O) groups is 1. The van der Waals surface area contributed by atoms with Gasteiger partial charge < -0.3 is 16.2 Å². The molecule has 1 amide bonds. The summed E-state index contributed by atoms with van der Waals surface area (Å²) in [4.78, 5) is 12.1. The predicted molar refractivity (Wildman–Crippen MR) is 69.1 cm³/mol. The molecule has 0 atom stereocenters. The molecule has 5 heteroatoms. The number of para-hydroxylation sites is 1. The molecule has 1 aliphatic heterocycles. The number of nitrogen functional groups attached to an aromatic ring is 1. The highest BCUT2D eigenvalue weighted by Crippen LogP contribution is 2.34. The second-order valence-corrected chi connectivity index (χ2v) is 5.35. The van der Waals surface area contributed by atoms with Gasteiger partial charge in [0.15, 0.2) is 0 Å². The van der Waals surface area contributed by atoms with Crippen molar-refractivity contribution in [2.45, 2.75) is 23.0 Å². The number of carbonyl (C=O) groups excluding carboxylic acids is 1. The van der Waals surface area contributed by atoms with Gasteiger partial charge in [0.1, 0.15) is 0 Å². The van der Waals surface area contributed by atoms with Crippen LogP contribution < -0.4 is 11.5 Å².